The van der Waals surface area contributed by atoms with Crippen LogP contribution in [0.2, 0.25) is 0 Å². The van der Waals surface area contributed by atoms with E-state index in [4.69, 9.17) is 28.7 Å². The number of guanidine groups is 2. The molecule has 1 aromatic heterocycles. The van der Waals surface area contributed by atoms with Gasteiger partial charge < -0.3 is 102 Å². The van der Waals surface area contributed by atoms with E-state index in [0.717, 1.165) is 4.90 Å². The summed E-state index contributed by atoms with van der Waals surface area (Å²) in [5.41, 5.74) is 28.9. The van der Waals surface area contributed by atoms with Crippen molar-refractivity contribution in [2.75, 3.05) is 43.5 Å². The number of nitrogens with one attached hydrogen (secondary N) is 10. The van der Waals surface area contributed by atoms with Crippen LogP contribution in [0, 0.1) is 0 Å². The van der Waals surface area contributed by atoms with E-state index in [2.05, 4.69) is 101 Å². The zero-order valence-electron chi connectivity index (χ0n) is 49.5. The molecule has 1 aliphatic heterocycles. The lowest BCUT2D eigenvalue weighted by atomic mass is 10.0. The number of aliphatic hydroxyl groups is 1. The van der Waals surface area contributed by atoms with Crippen molar-refractivity contribution in [1.29, 1.82) is 0 Å². The number of benzene rings is 2. The Labute approximate surface area is 538 Å². The number of aliphatic imine (C=N–C) groups is 2. The van der Waals surface area contributed by atoms with E-state index in [-0.39, 0.29) is 87.2 Å². The molecule has 91 heavy (non-hydrogen) atoms. The molecule has 0 bridgehead atoms. The third-order valence-corrected chi connectivity index (χ3v) is 15.3. The summed E-state index contributed by atoms with van der Waals surface area (Å²) in [7, 11) is 0. The lowest BCUT2D eigenvalue weighted by Gasteiger charge is -2.34. The van der Waals surface area contributed by atoms with Gasteiger partial charge in [0, 0.05) is 53.9 Å². The monoisotopic (exact) mass is 1330 g/mol. The van der Waals surface area contributed by atoms with Crippen molar-refractivity contribution in [3.63, 3.8) is 0 Å². The number of carboxylic acid groups (broad SMARTS) is 2. The normalized spacial score (nSPS) is 16.4. The number of hydrogen-bond acceptors (Lipinski definition) is 19. The highest BCUT2D eigenvalue weighted by atomic mass is 32.1. The highest BCUT2D eigenvalue weighted by molar-refractivity contribution is 7.80. The number of thiol groups is 3. The maximum absolute atomic E-state index is 14.9. The number of aliphatic hydroxyl groups excluding tert-OH is 1. The highest BCUT2D eigenvalue weighted by Crippen LogP contribution is 2.37. The Bertz CT molecular complexity index is 3120. The fourth-order valence-corrected chi connectivity index (χ4v) is 10.3. The van der Waals surface area contributed by atoms with E-state index >= 15 is 0 Å². The van der Waals surface area contributed by atoms with E-state index in [9.17, 15) is 72.9 Å². The van der Waals surface area contributed by atoms with Gasteiger partial charge in [0.15, 0.2) is 11.9 Å². The number of para-hydroxylation sites is 1. The summed E-state index contributed by atoms with van der Waals surface area (Å²) in [5, 5.41) is 52.9. The van der Waals surface area contributed by atoms with Crippen LogP contribution >= 0.6 is 37.9 Å². The van der Waals surface area contributed by atoms with E-state index < -0.39 is 157 Å². The maximum atomic E-state index is 14.9. The first-order valence-electron chi connectivity index (χ1n) is 28.6. The molecule has 0 spiro atoms. The Morgan fingerprint density at radius 1 is 0.593 bits per heavy atom. The summed E-state index contributed by atoms with van der Waals surface area (Å²) < 4.78 is 0. The van der Waals surface area contributed by atoms with Crippen molar-refractivity contribution in [2.24, 2.45) is 38.7 Å². The largest absolute Gasteiger partial charge is 0.481 e. The van der Waals surface area contributed by atoms with Crippen molar-refractivity contribution in [3.05, 3.63) is 71.9 Å². The molecule has 1 saturated heterocycles. The molecule has 0 saturated carbocycles. The van der Waals surface area contributed by atoms with Crippen LogP contribution in [0.25, 0.3) is 10.9 Å². The van der Waals surface area contributed by atoms with Gasteiger partial charge in [-0.2, -0.15) is 37.9 Å². The number of hydrogen-bond donors (Lipinski definition) is 21. The predicted octanol–water partition coefficient (Wildman–Crippen LogP) is -5.77. The van der Waals surface area contributed by atoms with Crippen LogP contribution in [0.3, 0.4) is 0 Å². The van der Waals surface area contributed by atoms with Gasteiger partial charge in [-0.05, 0) is 62.6 Å². The van der Waals surface area contributed by atoms with Gasteiger partial charge in [0.1, 0.15) is 60.4 Å². The summed E-state index contributed by atoms with van der Waals surface area (Å²) in [6, 6.07) is -0.868. The Kier molecular flexibility index (Phi) is 30.6. The Hall–Kier alpha value is -8.87. The minimum atomic E-state index is -1.97. The van der Waals surface area contributed by atoms with Crippen molar-refractivity contribution < 1.29 is 72.9 Å². The summed E-state index contributed by atoms with van der Waals surface area (Å²) in [6.45, 7) is -0.260. The second-order valence-corrected chi connectivity index (χ2v) is 22.0. The van der Waals surface area contributed by atoms with Gasteiger partial charge in [-0.3, -0.25) is 62.7 Å². The van der Waals surface area contributed by atoms with Crippen LogP contribution in [0.4, 0.5) is 0 Å². The lowest BCUT2D eigenvalue weighted by molar-refractivity contribution is -0.148. The number of rotatable bonds is 37. The van der Waals surface area contributed by atoms with Crippen LogP contribution < -0.4 is 76.5 Å². The number of carbonyl (C=O) groups is 12. The number of likely N-dealkylation sites (tertiary alicyclic amines) is 1. The van der Waals surface area contributed by atoms with Gasteiger partial charge in [-0.25, -0.2) is 4.79 Å². The molecule has 23 N–H and O–H groups in total. The first-order valence-corrected chi connectivity index (χ1v) is 30.5. The van der Waals surface area contributed by atoms with Gasteiger partial charge in [-0.15, -0.1) is 0 Å². The predicted molar refractivity (Wildman–Crippen MR) is 342 cm³/mol. The molecule has 2 heterocycles. The van der Waals surface area contributed by atoms with Crippen LogP contribution in [-0.2, 0) is 64.0 Å². The van der Waals surface area contributed by atoms with Crippen molar-refractivity contribution >= 4 is 132 Å². The quantitative estimate of drug-likeness (QED) is 0.0111. The molecule has 1 fully saturated rings. The Balaban J connectivity index is 1.57. The van der Waals surface area contributed by atoms with Gasteiger partial charge >= 0.3 is 11.9 Å². The number of nitrogens with zero attached hydrogens (tertiary/aromatic N) is 3. The van der Waals surface area contributed by atoms with Gasteiger partial charge in [0.25, 0.3) is 0 Å². The molecule has 0 radical (unpaired) electrons. The Morgan fingerprint density at radius 3 is 1.63 bits per heavy atom. The van der Waals surface area contributed by atoms with Gasteiger partial charge in [0.05, 0.1) is 25.6 Å². The van der Waals surface area contributed by atoms with Crippen LogP contribution in [-0.4, -0.2) is 212 Å². The minimum absolute atomic E-state index is 0.0448. The second-order valence-electron chi connectivity index (χ2n) is 20.9. The molecule has 498 valence electrons. The standard InChI is InChI=1S/C55H80N18O15S3/c1-27(44(78)68-34(19-29-22-63-31-12-6-5-11-30(29)31)46(80)67-33(53(87)88)14-8-18-62-55(59)60)64-48(82)38(25-90)71-45(79)32(13-7-17-61-54(57)58)66-51(85)41-16-15-40(28-9-3-2-4-10-28)73(41)52(86)35(20-43(76)77)69-47(81)36(23-74)70-50(84)39(26-91)72-49(83)37(24-89)65-42(75)21-56/h2-6,9-12,22,27,32-41,63,74,89-91H,7-8,13-21,23-26,56H2,1H3,(H,64,82)(H,65,75)(H,66,85)(H,67,80)(H,68,78)(H,69,81)(H,70,84)(H,71,79)(H,72,83)(H,76,77)(H,87,88)(H4,57,58,61)(H4,59,60,62)/t27-,32-,33-,34-,35-,36-,37-,38-,39-,40?,41+/m0/s1. The molecular formula is C55H80N18O15S3. The minimum Gasteiger partial charge on any atom is -0.481 e. The molecule has 0 aliphatic carbocycles. The van der Waals surface area contributed by atoms with Crippen molar-refractivity contribution in [2.45, 2.75) is 125 Å². The van der Waals surface area contributed by atoms with Crippen LogP contribution in [0.1, 0.15) is 69.0 Å². The molecule has 33 nitrogen and oxygen atoms in total. The summed E-state index contributed by atoms with van der Waals surface area (Å²) in [4.78, 5) is 174. The topological polar surface area (TPSA) is 548 Å². The van der Waals surface area contributed by atoms with E-state index in [1.807, 2.05) is 0 Å². The second kappa shape index (κ2) is 37.3. The maximum Gasteiger partial charge on any atom is 0.326 e. The zero-order chi connectivity index (χ0) is 67.5. The number of carbonyl (C=O) groups excluding carboxylic acids is 10. The lowest BCUT2D eigenvalue weighted by Crippen LogP contribution is -2.61. The molecule has 10 amide bonds. The molecule has 4 rings (SSSR count). The third-order valence-electron chi connectivity index (χ3n) is 14.2. The number of carboxylic acids is 2. The summed E-state index contributed by atoms with van der Waals surface area (Å²) in [6.07, 6.45) is 0.349. The van der Waals surface area contributed by atoms with Crippen LogP contribution in [0.5, 0.6) is 0 Å². The molecule has 3 aromatic rings. The molecule has 36 heteroatoms. The number of aromatic amines is 1. The first-order chi connectivity index (χ1) is 43.3. The fourth-order valence-electron chi connectivity index (χ4n) is 9.53. The number of H-pyrrole nitrogens is 1. The number of amides is 10. The first kappa shape index (κ1) is 74.6. The van der Waals surface area contributed by atoms with Crippen molar-refractivity contribution in [1.82, 2.24) is 57.7 Å². The zero-order valence-corrected chi connectivity index (χ0v) is 52.2. The average Bonchev–Trinajstić information content (AvgIpc) is 1.70. The third kappa shape index (κ3) is 23.2. The number of aromatic nitrogens is 1. The fraction of sp³-hybridized carbons (Fsp3) is 0.491. The van der Waals surface area contributed by atoms with E-state index in [1.54, 1.807) is 60.8 Å². The molecule has 1 unspecified atom stereocenters. The number of fused-ring (bicyclic) bond motifs is 1. The molecule has 1 aliphatic rings. The SMILES string of the molecule is C[C@H](NC(=O)[C@H](CS)NC(=O)[C@H](CCCN=C(N)N)NC(=O)[C@H]1CCC(c2ccccc2)N1C(=O)[C@H](CC(=O)O)NC(=O)[C@H](CO)NC(=O)[C@H](CS)NC(=O)[C@H](CS)NC(=O)CN)C(=O)N[C@@H](Cc1c[nH]c2ccccc12)C(=O)N[C@@H](CCCN=C(N)N)C(=O)O. The highest BCUT2D eigenvalue weighted by Gasteiger charge is 2.46. The molecule has 11 atom stereocenters. The Morgan fingerprint density at radius 2 is 1.08 bits per heavy atom. The number of aliphatic carboxylic acids is 2. The number of nitrogens with two attached hydrogens (primary N) is 5. The summed E-state index contributed by atoms with van der Waals surface area (Å²) in [5.74, 6) is -14.0. The summed E-state index contributed by atoms with van der Waals surface area (Å²) >= 11 is 12.4. The van der Waals surface area contributed by atoms with E-state index in [1.165, 1.54) is 6.92 Å². The van der Waals surface area contributed by atoms with Crippen molar-refractivity contribution in [3.8, 4) is 0 Å². The van der Waals surface area contributed by atoms with E-state index in [0.29, 0.717) is 22.0 Å². The molecule has 2 aromatic carbocycles. The van der Waals surface area contributed by atoms with Gasteiger partial charge in [-0.1, -0.05) is 48.5 Å². The van der Waals surface area contributed by atoms with Crippen LogP contribution in [0.15, 0.2) is 70.8 Å². The smallest absolute Gasteiger partial charge is 0.326 e. The van der Waals surface area contributed by atoms with Gasteiger partial charge in [0.2, 0.25) is 59.1 Å². The molecular weight excluding hydrogens is 1250 g/mol. The average molecular weight is 1330 g/mol.